The molecule has 0 bridgehead atoms. The fraction of sp³-hybridized carbons (Fsp3) is 0.261. The highest BCUT2D eigenvalue weighted by molar-refractivity contribution is 7.92. The number of anilines is 1. The van der Waals surface area contributed by atoms with Crippen LogP contribution >= 0.6 is 11.6 Å². The van der Waals surface area contributed by atoms with Crippen molar-refractivity contribution in [2.45, 2.75) is 23.8 Å². The van der Waals surface area contributed by atoms with Gasteiger partial charge >= 0.3 is 0 Å². The molecule has 2 N–H and O–H groups in total. The summed E-state index contributed by atoms with van der Waals surface area (Å²) in [6.07, 6.45) is 3.80. The second kappa shape index (κ2) is 9.94. The van der Waals surface area contributed by atoms with Gasteiger partial charge in [0.05, 0.1) is 27.9 Å². The Morgan fingerprint density at radius 2 is 1.85 bits per heavy atom. The Balaban J connectivity index is 1.48. The van der Waals surface area contributed by atoms with Gasteiger partial charge in [-0.2, -0.15) is 0 Å². The number of amides is 1. The third-order valence-electron chi connectivity index (χ3n) is 5.51. The van der Waals surface area contributed by atoms with Gasteiger partial charge in [-0.25, -0.2) is 12.8 Å². The molecule has 0 unspecified atom stereocenters. The van der Waals surface area contributed by atoms with Crippen LogP contribution in [0.3, 0.4) is 0 Å². The lowest BCUT2D eigenvalue weighted by molar-refractivity contribution is 0.0934. The van der Waals surface area contributed by atoms with E-state index in [9.17, 15) is 17.6 Å². The van der Waals surface area contributed by atoms with Crippen LogP contribution in [0.1, 0.15) is 35.0 Å². The normalized spacial score (nSPS) is 15.3. The summed E-state index contributed by atoms with van der Waals surface area (Å²) in [5.41, 5.74) is 0.298. The number of carbonyl (C=O) groups excluding carboxylic acids is 1. The smallest absolute Gasteiger partial charge is 0.261 e. The highest BCUT2D eigenvalue weighted by Crippen LogP contribution is 2.27. The number of carbonyl (C=O) groups is 1. The molecule has 4 rings (SSSR count). The van der Waals surface area contributed by atoms with Crippen molar-refractivity contribution < 1.29 is 22.0 Å². The molecule has 2 heterocycles. The van der Waals surface area contributed by atoms with Crippen LogP contribution in [0.5, 0.6) is 0 Å². The van der Waals surface area contributed by atoms with Crippen LogP contribution in [0.15, 0.2) is 70.2 Å². The third kappa shape index (κ3) is 5.55. The van der Waals surface area contributed by atoms with Gasteiger partial charge in [0.15, 0.2) is 0 Å². The molecule has 1 aliphatic rings. The largest absolute Gasteiger partial charge is 0.468 e. The fourth-order valence-electron chi connectivity index (χ4n) is 3.80. The lowest BCUT2D eigenvalue weighted by Crippen LogP contribution is -2.36. The Hall–Kier alpha value is -2.88. The lowest BCUT2D eigenvalue weighted by atomic mass is 10.1. The molecule has 0 spiro atoms. The van der Waals surface area contributed by atoms with Crippen LogP contribution < -0.4 is 10.0 Å². The Morgan fingerprint density at radius 3 is 2.52 bits per heavy atom. The maximum Gasteiger partial charge on any atom is 0.261 e. The first-order valence-corrected chi connectivity index (χ1v) is 12.3. The van der Waals surface area contributed by atoms with E-state index in [1.807, 2.05) is 12.1 Å². The number of sulfonamides is 1. The summed E-state index contributed by atoms with van der Waals surface area (Å²) >= 11 is 6.16. The molecule has 1 amide bonds. The van der Waals surface area contributed by atoms with Crippen molar-refractivity contribution in [3.05, 3.63) is 83.0 Å². The Morgan fingerprint density at radius 1 is 1.12 bits per heavy atom. The van der Waals surface area contributed by atoms with Crippen LogP contribution in [-0.4, -0.2) is 38.9 Å². The van der Waals surface area contributed by atoms with Gasteiger partial charge in [0.25, 0.3) is 15.9 Å². The quantitative estimate of drug-likeness (QED) is 0.486. The molecule has 0 radical (unpaired) electrons. The summed E-state index contributed by atoms with van der Waals surface area (Å²) in [6.45, 7) is 2.20. The Labute approximate surface area is 196 Å². The monoisotopic (exact) mass is 491 g/mol. The first-order valence-electron chi connectivity index (χ1n) is 10.5. The zero-order chi connectivity index (χ0) is 23.4. The summed E-state index contributed by atoms with van der Waals surface area (Å²) < 4.78 is 46.3. The van der Waals surface area contributed by atoms with E-state index in [4.69, 9.17) is 16.0 Å². The van der Waals surface area contributed by atoms with Gasteiger partial charge in [-0.15, -0.1) is 0 Å². The molecule has 1 aliphatic heterocycles. The number of hydrogen-bond donors (Lipinski definition) is 2. The molecular formula is C23H23ClFN3O4S. The van der Waals surface area contributed by atoms with Gasteiger partial charge in [-0.05, 0) is 80.5 Å². The summed E-state index contributed by atoms with van der Waals surface area (Å²) in [5.74, 6) is -0.141. The summed E-state index contributed by atoms with van der Waals surface area (Å²) in [6, 6.07) is 12.4. The molecule has 2 aromatic carbocycles. The first kappa shape index (κ1) is 23.3. The second-order valence-electron chi connectivity index (χ2n) is 7.74. The number of hydrogen-bond acceptors (Lipinski definition) is 5. The van der Waals surface area contributed by atoms with E-state index in [1.54, 1.807) is 6.26 Å². The first-order chi connectivity index (χ1) is 15.8. The number of rotatable bonds is 8. The predicted octanol–water partition coefficient (Wildman–Crippen LogP) is 4.44. The SMILES string of the molecule is O=C(NC[C@@H](c1ccco1)N1CCCC1)c1ccc(Cl)c(NS(=O)(=O)c2ccc(F)cc2)c1. The number of halogens is 2. The van der Waals surface area contributed by atoms with E-state index in [0.29, 0.717) is 6.54 Å². The van der Waals surface area contributed by atoms with Gasteiger partial charge in [-0.1, -0.05) is 11.6 Å². The van der Waals surface area contributed by atoms with Crippen molar-refractivity contribution in [2.24, 2.45) is 0 Å². The van der Waals surface area contributed by atoms with Gasteiger partial charge in [-0.3, -0.25) is 14.4 Å². The lowest BCUT2D eigenvalue weighted by Gasteiger charge is -2.26. The summed E-state index contributed by atoms with van der Waals surface area (Å²) in [5, 5.41) is 3.04. The molecule has 7 nitrogen and oxygen atoms in total. The molecule has 1 atom stereocenters. The molecule has 1 aromatic heterocycles. The molecule has 0 saturated carbocycles. The molecule has 174 valence electrons. The van der Waals surface area contributed by atoms with Crippen molar-refractivity contribution in [3.63, 3.8) is 0 Å². The molecule has 3 aromatic rings. The van der Waals surface area contributed by atoms with E-state index < -0.39 is 15.8 Å². The summed E-state index contributed by atoms with van der Waals surface area (Å²) in [4.78, 5) is 15.0. The topological polar surface area (TPSA) is 91.7 Å². The van der Waals surface area contributed by atoms with Gasteiger partial charge < -0.3 is 9.73 Å². The molecule has 1 saturated heterocycles. The van der Waals surface area contributed by atoms with E-state index in [2.05, 4.69) is 14.9 Å². The maximum absolute atomic E-state index is 13.1. The van der Waals surface area contributed by atoms with E-state index in [-0.39, 0.29) is 33.1 Å². The van der Waals surface area contributed by atoms with Crippen LogP contribution in [-0.2, 0) is 10.0 Å². The minimum absolute atomic E-state index is 0.0516. The molecule has 10 heteroatoms. The average molecular weight is 492 g/mol. The van der Waals surface area contributed by atoms with Crippen molar-refractivity contribution in [1.82, 2.24) is 10.2 Å². The number of benzene rings is 2. The molecular weight excluding hydrogens is 469 g/mol. The molecule has 0 aliphatic carbocycles. The summed E-state index contributed by atoms with van der Waals surface area (Å²) in [7, 11) is -4.01. The van der Waals surface area contributed by atoms with E-state index >= 15 is 0 Å². The Bertz CT molecular complexity index is 1210. The predicted molar refractivity (Wildman–Crippen MR) is 123 cm³/mol. The number of furan rings is 1. The maximum atomic E-state index is 13.1. The fourth-order valence-corrected chi connectivity index (χ4v) is 5.09. The zero-order valence-electron chi connectivity index (χ0n) is 17.6. The molecule has 1 fully saturated rings. The van der Waals surface area contributed by atoms with Crippen molar-refractivity contribution in [1.29, 1.82) is 0 Å². The van der Waals surface area contributed by atoms with Gasteiger partial charge in [0.1, 0.15) is 11.6 Å². The van der Waals surface area contributed by atoms with Crippen molar-refractivity contribution in [3.8, 4) is 0 Å². The highest BCUT2D eigenvalue weighted by Gasteiger charge is 2.26. The zero-order valence-corrected chi connectivity index (χ0v) is 19.2. The van der Waals surface area contributed by atoms with Gasteiger partial charge in [0, 0.05) is 12.1 Å². The Kier molecular flexibility index (Phi) is 7.02. The average Bonchev–Trinajstić information content (AvgIpc) is 3.50. The van der Waals surface area contributed by atoms with Crippen molar-refractivity contribution >= 4 is 33.2 Å². The number of nitrogens with zero attached hydrogens (tertiary/aromatic N) is 1. The van der Waals surface area contributed by atoms with E-state index in [0.717, 1.165) is 56.0 Å². The second-order valence-corrected chi connectivity index (χ2v) is 9.83. The number of likely N-dealkylation sites (tertiary alicyclic amines) is 1. The highest BCUT2D eigenvalue weighted by atomic mass is 35.5. The minimum Gasteiger partial charge on any atom is -0.468 e. The van der Waals surface area contributed by atoms with Gasteiger partial charge in [0.2, 0.25) is 0 Å². The molecule has 33 heavy (non-hydrogen) atoms. The van der Waals surface area contributed by atoms with Crippen LogP contribution in [0.4, 0.5) is 10.1 Å². The van der Waals surface area contributed by atoms with Crippen molar-refractivity contribution in [2.75, 3.05) is 24.4 Å². The van der Waals surface area contributed by atoms with Crippen LogP contribution in [0.25, 0.3) is 0 Å². The van der Waals surface area contributed by atoms with Crippen LogP contribution in [0, 0.1) is 5.82 Å². The van der Waals surface area contributed by atoms with E-state index in [1.165, 1.54) is 18.2 Å². The minimum atomic E-state index is -4.01. The number of nitrogens with one attached hydrogen (secondary N) is 2. The van der Waals surface area contributed by atoms with Crippen LogP contribution in [0.2, 0.25) is 5.02 Å². The third-order valence-corrected chi connectivity index (χ3v) is 7.22. The standard InChI is InChI=1S/C23H23ClFN3O4S/c24-19-10-5-16(14-20(19)27-33(30,31)18-8-6-17(25)7-9-18)23(29)26-15-21(22-4-3-13-32-22)28-11-1-2-12-28/h3-10,13-14,21,27H,1-2,11-12,15H2,(H,26,29)/t21-/m0/s1.